The molecule has 0 aliphatic carbocycles. The molecule has 1 unspecified atom stereocenters. The highest BCUT2D eigenvalue weighted by atomic mass is 32.2. The molecule has 1 aliphatic rings. The van der Waals surface area contributed by atoms with Crippen LogP contribution in [0.15, 0.2) is 53.4 Å². The van der Waals surface area contributed by atoms with Gasteiger partial charge >= 0.3 is 6.18 Å². The van der Waals surface area contributed by atoms with Crippen LogP contribution < -0.4 is 14.4 Å². The number of hydrogen-bond acceptors (Lipinski definition) is 4. The van der Waals surface area contributed by atoms with Crippen LogP contribution in [0.25, 0.3) is 0 Å². The van der Waals surface area contributed by atoms with Gasteiger partial charge in [-0.3, -0.25) is 9.10 Å². The zero-order valence-electron chi connectivity index (χ0n) is 15.4. The number of amides is 1. The Kier molecular flexibility index (Phi) is 5.74. The van der Waals surface area contributed by atoms with Gasteiger partial charge in [-0.15, -0.1) is 0 Å². The van der Waals surface area contributed by atoms with Gasteiger partial charge in [-0.05, 0) is 36.8 Å². The first kappa shape index (κ1) is 21.0. The van der Waals surface area contributed by atoms with Gasteiger partial charge < -0.3 is 10.1 Å². The molecule has 1 aliphatic heterocycles. The van der Waals surface area contributed by atoms with E-state index in [1.807, 2.05) is 6.92 Å². The smallest absolute Gasteiger partial charge is 0.416 e. The van der Waals surface area contributed by atoms with Crippen molar-refractivity contribution in [2.45, 2.75) is 30.5 Å². The highest BCUT2D eigenvalue weighted by molar-refractivity contribution is 7.92. The van der Waals surface area contributed by atoms with Crippen LogP contribution in [0.4, 0.5) is 18.9 Å². The van der Waals surface area contributed by atoms with Gasteiger partial charge in [0, 0.05) is 6.54 Å². The second kappa shape index (κ2) is 7.94. The quantitative estimate of drug-likeness (QED) is 0.794. The molecule has 0 bridgehead atoms. The number of sulfonamides is 1. The third kappa shape index (κ3) is 4.31. The van der Waals surface area contributed by atoms with Crippen molar-refractivity contribution in [1.82, 2.24) is 5.32 Å². The molecule has 0 fully saturated rings. The number of nitrogens with zero attached hydrogens (tertiary/aromatic N) is 1. The lowest BCUT2D eigenvalue weighted by Crippen LogP contribution is -2.50. The Balaban J connectivity index is 2.02. The summed E-state index contributed by atoms with van der Waals surface area (Å²) >= 11 is 0. The molecule has 10 heteroatoms. The van der Waals surface area contributed by atoms with Crippen LogP contribution >= 0.6 is 0 Å². The maximum absolute atomic E-state index is 13.2. The standard InChI is InChI=1S/C19H19F3N2O4S/c1-2-10-23-18(25)17-12-24(15-8-3-4-9-16(15)28-17)29(26,27)14-7-5-6-13(11-14)19(20,21)22/h3-9,11,17H,2,10,12H2,1H3,(H,23,25). The largest absolute Gasteiger partial charge is 0.476 e. The summed E-state index contributed by atoms with van der Waals surface area (Å²) in [5.41, 5.74) is -0.915. The number of ether oxygens (including phenoxy) is 1. The fourth-order valence-electron chi connectivity index (χ4n) is 2.89. The molecule has 156 valence electrons. The summed E-state index contributed by atoms with van der Waals surface area (Å²) in [5.74, 6) is -0.337. The second-order valence-electron chi connectivity index (χ2n) is 6.43. The van der Waals surface area contributed by atoms with Crippen molar-refractivity contribution in [2.75, 3.05) is 17.4 Å². The maximum atomic E-state index is 13.2. The van der Waals surface area contributed by atoms with Gasteiger partial charge in [-0.25, -0.2) is 8.42 Å². The Labute approximate surface area is 166 Å². The molecule has 0 radical (unpaired) electrons. The first-order valence-corrected chi connectivity index (χ1v) is 10.3. The molecule has 0 spiro atoms. The third-order valence-electron chi connectivity index (χ3n) is 4.33. The van der Waals surface area contributed by atoms with Gasteiger partial charge in [0.25, 0.3) is 15.9 Å². The van der Waals surface area contributed by atoms with Crippen molar-refractivity contribution in [2.24, 2.45) is 0 Å². The van der Waals surface area contributed by atoms with E-state index >= 15 is 0 Å². The van der Waals surface area contributed by atoms with E-state index in [1.165, 1.54) is 12.1 Å². The van der Waals surface area contributed by atoms with Crippen LogP contribution in [0.3, 0.4) is 0 Å². The summed E-state index contributed by atoms with van der Waals surface area (Å²) in [4.78, 5) is 11.8. The summed E-state index contributed by atoms with van der Waals surface area (Å²) in [5, 5.41) is 2.64. The Bertz CT molecular complexity index is 1010. The van der Waals surface area contributed by atoms with Crippen LogP contribution in [0.2, 0.25) is 0 Å². The summed E-state index contributed by atoms with van der Waals surface area (Å²) in [6.07, 6.45) is -5.13. The Morgan fingerprint density at radius 2 is 1.93 bits per heavy atom. The number of benzene rings is 2. The molecule has 2 aromatic carbocycles. The Morgan fingerprint density at radius 3 is 2.62 bits per heavy atom. The van der Waals surface area contributed by atoms with Crippen LogP contribution in [-0.2, 0) is 21.0 Å². The molecule has 1 heterocycles. The number of fused-ring (bicyclic) bond motifs is 1. The van der Waals surface area contributed by atoms with Gasteiger partial charge in [-0.1, -0.05) is 25.1 Å². The van der Waals surface area contributed by atoms with Crippen molar-refractivity contribution in [3.05, 3.63) is 54.1 Å². The van der Waals surface area contributed by atoms with Crippen LogP contribution in [-0.4, -0.2) is 33.5 Å². The number of anilines is 1. The van der Waals surface area contributed by atoms with E-state index in [4.69, 9.17) is 4.74 Å². The molecule has 2 aromatic rings. The lowest BCUT2D eigenvalue weighted by molar-refractivity contribution is -0.137. The monoisotopic (exact) mass is 428 g/mol. The minimum absolute atomic E-state index is 0.157. The molecular weight excluding hydrogens is 409 g/mol. The van der Waals surface area contributed by atoms with Crippen molar-refractivity contribution < 1.29 is 31.1 Å². The van der Waals surface area contributed by atoms with E-state index in [-0.39, 0.29) is 18.0 Å². The number of carbonyl (C=O) groups is 1. The van der Waals surface area contributed by atoms with Gasteiger partial charge in [0.05, 0.1) is 22.7 Å². The minimum Gasteiger partial charge on any atom is -0.476 e. The minimum atomic E-state index is -4.68. The zero-order valence-corrected chi connectivity index (χ0v) is 16.3. The van der Waals surface area contributed by atoms with Crippen LogP contribution in [0.5, 0.6) is 5.75 Å². The van der Waals surface area contributed by atoms with Gasteiger partial charge in [0.1, 0.15) is 5.75 Å². The number of hydrogen-bond donors (Lipinski definition) is 1. The predicted molar refractivity (Wildman–Crippen MR) is 100 cm³/mol. The molecule has 3 rings (SSSR count). The summed E-state index contributed by atoms with van der Waals surface area (Å²) in [6, 6.07) is 9.67. The average Bonchev–Trinajstić information content (AvgIpc) is 2.70. The molecule has 0 aromatic heterocycles. The van der Waals surface area contributed by atoms with E-state index < -0.39 is 38.7 Å². The van der Waals surface area contributed by atoms with Gasteiger partial charge in [0.15, 0.2) is 6.10 Å². The van der Waals surface area contributed by atoms with E-state index in [0.29, 0.717) is 19.0 Å². The predicted octanol–water partition coefficient (Wildman–Crippen LogP) is 3.19. The van der Waals surface area contributed by atoms with Gasteiger partial charge in [-0.2, -0.15) is 13.2 Å². The van der Waals surface area contributed by atoms with Crippen molar-refractivity contribution in [1.29, 1.82) is 0 Å². The number of alkyl halides is 3. The summed E-state index contributed by atoms with van der Waals surface area (Å²) in [7, 11) is -4.37. The first-order valence-electron chi connectivity index (χ1n) is 8.88. The summed E-state index contributed by atoms with van der Waals surface area (Å²) < 4.78 is 72.0. The molecule has 1 amide bonds. The Hall–Kier alpha value is -2.75. The van der Waals surface area contributed by atoms with Gasteiger partial charge in [0.2, 0.25) is 0 Å². The fourth-order valence-corrected chi connectivity index (χ4v) is 4.41. The normalized spacial score (nSPS) is 16.7. The number of nitrogens with one attached hydrogen (secondary N) is 1. The number of halogens is 3. The zero-order chi connectivity index (χ0) is 21.2. The van der Waals surface area contributed by atoms with Crippen molar-refractivity contribution in [3.63, 3.8) is 0 Å². The molecule has 0 saturated heterocycles. The average molecular weight is 428 g/mol. The molecule has 29 heavy (non-hydrogen) atoms. The van der Waals surface area contributed by atoms with E-state index in [1.54, 1.807) is 12.1 Å². The molecule has 6 nitrogen and oxygen atoms in total. The Morgan fingerprint density at radius 1 is 1.21 bits per heavy atom. The van der Waals surface area contributed by atoms with Crippen molar-refractivity contribution in [3.8, 4) is 5.75 Å². The number of para-hydroxylation sites is 2. The molecule has 1 N–H and O–H groups in total. The number of carbonyl (C=O) groups excluding carboxylic acids is 1. The molecule has 1 atom stereocenters. The van der Waals surface area contributed by atoms with Crippen molar-refractivity contribution >= 4 is 21.6 Å². The lowest BCUT2D eigenvalue weighted by Gasteiger charge is -2.34. The SMILES string of the molecule is CCCNC(=O)C1CN(S(=O)(=O)c2cccc(C(F)(F)F)c2)c2ccccc2O1. The lowest BCUT2D eigenvalue weighted by atomic mass is 10.2. The highest BCUT2D eigenvalue weighted by Crippen LogP contribution is 2.38. The van der Waals surface area contributed by atoms with E-state index in [2.05, 4.69) is 5.32 Å². The second-order valence-corrected chi connectivity index (χ2v) is 8.29. The highest BCUT2D eigenvalue weighted by Gasteiger charge is 2.38. The topological polar surface area (TPSA) is 75.7 Å². The molecular formula is C19H19F3N2O4S. The van der Waals surface area contributed by atoms with Crippen LogP contribution in [0, 0.1) is 0 Å². The maximum Gasteiger partial charge on any atom is 0.416 e. The first-order chi connectivity index (χ1) is 13.6. The molecule has 0 saturated carbocycles. The van der Waals surface area contributed by atoms with E-state index in [9.17, 15) is 26.4 Å². The summed E-state index contributed by atoms with van der Waals surface area (Å²) in [6.45, 7) is 1.90. The van der Waals surface area contributed by atoms with E-state index in [0.717, 1.165) is 22.5 Å². The van der Waals surface area contributed by atoms with Crippen LogP contribution in [0.1, 0.15) is 18.9 Å². The number of rotatable bonds is 5. The fraction of sp³-hybridized carbons (Fsp3) is 0.316. The third-order valence-corrected chi connectivity index (χ3v) is 6.10.